The highest BCUT2D eigenvalue weighted by Gasteiger charge is 2.47. The fraction of sp³-hybridized carbons (Fsp3) is 0.688. The standard InChI is InChI=1S/C16H22ClN3O4/c1-9-13(17)18-8-19-14(9)23-12-10-5-20(6-11(12)22-7-10)15(21)24-16(2,3)4/h8,10-12H,5-7H2,1-4H3. The minimum atomic E-state index is -0.515. The Morgan fingerprint density at radius 3 is 2.79 bits per heavy atom. The first-order valence-corrected chi connectivity index (χ1v) is 8.35. The van der Waals surface area contributed by atoms with E-state index in [4.69, 9.17) is 25.8 Å². The number of halogens is 1. The minimum Gasteiger partial charge on any atom is -0.471 e. The molecule has 2 bridgehead atoms. The lowest BCUT2D eigenvalue weighted by molar-refractivity contribution is -0.0187. The van der Waals surface area contributed by atoms with E-state index in [0.29, 0.717) is 36.3 Å². The third kappa shape index (κ3) is 3.57. The molecule has 7 nitrogen and oxygen atoms in total. The van der Waals surface area contributed by atoms with Crippen molar-refractivity contribution in [3.63, 3.8) is 0 Å². The van der Waals surface area contributed by atoms with Crippen molar-refractivity contribution in [3.05, 3.63) is 17.0 Å². The second kappa shape index (κ2) is 6.37. The molecule has 8 heteroatoms. The summed E-state index contributed by atoms with van der Waals surface area (Å²) in [7, 11) is 0. The lowest BCUT2D eigenvalue weighted by atomic mass is 9.96. The van der Waals surface area contributed by atoms with E-state index < -0.39 is 5.60 Å². The molecule has 3 heterocycles. The number of carbonyl (C=O) groups is 1. The van der Waals surface area contributed by atoms with Gasteiger partial charge in [0.15, 0.2) is 0 Å². The molecule has 0 spiro atoms. The molecule has 0 N–H and O–H groups in total. The van der Waals surface area contributed by atoms with Crippen molar-refractivity contribution >= 4 is 17.7 Å². The zero-order chi connectivity index (χ0) is 17.5. The van der Waals surface area contributed by atoms with Crippen LogP contribution in [0.3, 0.4) is 0 Å². The van der Waals surface area contributed by atoms with Gasteiger partial charge in [0, 0.05) is 18.0 Å². The highest BCUT2D eigenvalue weighted by Crippen LogP contribution is 2.33. The van der Waals surface area contributed by atoms with Gasteiger partial charge in [-0.25, -0.2) is 14.8 Å². The van der Waals surface area contributed by atoms with Crippen molar-refractivity contribution in [2.45, 2.75) is 45.5 Å². The molecule has 0 radical (unpaired) electrons. The highest BCUT2D eigenvalue weighted by molar-refractivity contribution is 6.30. The molecule has 2 saturated heterocycles. The average Bonchev–Trinajstić information content (AvgIpc) is 2.71. The van der Waals surface area contributed by atoms with E-state index in [1.54, 1.807) is 4.90 Å². The number of rotatable bonds is 2. The zero-order valence-electron chi connectivity index (χ0n) is 14.3. The van der Waals surface area contributed by atoms with Crippen LogP contribution in [-0.4, -0.2) is 58.5 Å². The average molecular weight is 356 g/mol. The Hall–Kier alpha value is -1.60. The molecule has 132 valence electrons. The van der Waals surface area contributed by atoms with Crippen molar-refractivity contribution in [1.29, 1.82) is 0 Å². The lowest BCUT2D eigenvalue weighted by Crippen LogP contribution is -2.53. The molecule has 2 aliphatic rings. The minimum absolute atomic E-state index is 0.0735. The molecule has 1 aromatic rings. The summed E-state index contributed by atoms with van der Waals surface area (Å²) in [5.74, 6) is 0.538. The summed E-state index contributed by atoms with van der Waals surface area (Å²) in [6.07, 6.45) is 0.698. The molecule has 24 heavy (non-hydrogen) atoms. The first kappa shape index (κ1) is 17.2. The summed E-state index contributed by atoms with van der Waals surface area (Å²) in [5, 5.41) is 0.374. The largest absolute Gasteiger partial charge is 0.471 e. The van der Waals surface area contributed by atoms with Crippen molar-refractivity contribution < 1.29 is 19.0 Å². The number of piperidine rings is 1. The van der Waals surface area contributed by atoms with E-state index in [0.717, 1.165) is 0 Å². The molecule has 0 aliphatic carbocycles. The van der Waals surface area contributed by atoms with Crippen molar-refractivity contribution in [3.8, 4) is 5.88 Å². The molecule has 1 amide bonds. The number of nitrogens with zero attached hydrogens (tertiary/aromatic N) is 3. The molecule has 2 fully saturated rings. The van der Waals surface area contributed by atoms with Crippen LogP contribution in [0, 0.1) is 12.8 Å². The molecule has 3 rings (SSSR count). The fourth-order valence-electron chi connectivity index (χ4n) is 2.94. The van der Waals surface area contributed by atoms with E-state index in [2.05, 4.69) is 9.97 Å². The molecule has 3 unspecified atom stereocenters. The van der Waals surface area contributed by atoms with Crippen molar-refractivity contribution in [1.82, 2.24) is 14.9 Å². The van der Waals surface area contributed by atoms with Crippen LogP contribution in [0.1, 0.15) is 26.3 Å². The number of ether oxygens (including phenoxy) is 3. The van der Waals surface area contributed by atoms with Gasteiger partial charge in [-0.15, -0.1) is 0 Å². The summed E-state index contributed by atoms with van der Waals surface area (Å²) in [4.78, 5) is 22.0. The van der Waals surface area contributed by atoms with Gasteiger partial charge in [-0.05, 0) is 27.7 Å². The second-order valence-corrected chi connectivity index (χ2v) is 7.55. The van der Waals surface area contributed by atoms with Gasteiger partial charge in [-0.3, -0.25) is 0 Å². The van der Waals surface area contributed by atoms with E-state index in [9.17, 15) is 4.79 Å². The smallest absolute Gasteiger partial charge is 0.410 e. The van der Waals surface area contributed by atoms with Crippen LogP contribution in [0.15, 0.2) is 6.33 Å². The number of aromatic nitrogens is 2. The van der Waals surface area contributed by atoms with Crippen LogP contribution in [0.5, 0.6) is 5.88 Å². The van der Waals surface area contributed by atoms with Gasteiger partial charge in [0.1, 0.15) is 29.3 Å². The molecule has 3 atom stereocenters. The Kier molecular flexibility index (Phi) is 4.57. The van der Waals surface area contributed by atoms with Gasteiger partial charge in [0.25, 0.3) is 0 Å². The SMILES string of the molecule is Cc1c(Cl)ncnc1OC1C2COC1CN(C(=O)OC(C)(C)C)C2. The number of carbonyl (C=O) groups excluding carboxylic acids is 1. The van der Waals surface area contributed by atoms with E-state index in [-0.39, 0.29) is 24.2 Å². The number of fused-ring (bicyclic) bond motifs is 2. The summed E-state index contributed by atoms with van der Waals surface area (Å²) in [6.45, 7) is 8.90. The fourth-order valence-corrected chi connectivity index (χ4v) is 3.06. The van der Waals surface area contributed by atoms with Crippen LogP contribution < -0.4 is 4.74 Å². The van der Waals surface area contributed by atoms with Crippen LogP contribution in [-0.2, 0) is 9.47 Å². The van der Waals surface area contributed by atoms with Crippen molar-refractivity contribution in [2.24, 2.45) is 5.92 Å². The zero-order valence-corrected chi connectivity index (χ0v) is 15.0. The van der Waals surface area contributed by atoms with Crippen LogP contribution >= 0.6 is 11.6 Å². The Balaban J connectivity index is 1.68. The predicted octanol–water partition coefficient (Wildman–Crippen LogP) is 2.45. The maximum absolute atomic E-state index is 12.3. The van der Waals surface area contributed by atoms with Gasteiger partial charge < -0.3 is 19.1 Å². The van der Waals surface area contributed by atoms with E-state index in [1.807, 2.05) is 27.7 Å². The van der Waals surface area contributed by atoms with Gasteiger partial charge in [-0.1, -0.05) is 11.6 Å². The number of hydrogen-bond donors (Lipinski definition) is 0. The van der Waals surface area contributed by atoms with Crippen molar-refractivity contribution in [2.75, 3.05) is 19.7 Å². The number of likely N-dealkylation sites (tertiary alicyclic amines) is 1. The molecule has 1 aromatic heterocycles. The Morgan fingerprint density at radius 2 is 2.12 bits per heavy atom. The topological polar surface area (TPSA) is 73.8 Å². The predicted molar refractivity (Wildman–Crippen MR) is 87.2 cm³/mol. The quantitative estimate of drug-likeness (QED) is 0.759. The Labute approximate surface area is 146 Å². The van der Waals surface area contributed by atoms with Gasteiger partial charge in [-0.2, -0.15) is 0 Å². The summed E-state index contributed by atoms with van der Waals surface area (Å²) >= 11 is 6.01. The first-order chi connectivity index (χ1) is 11.2. The summed E-state index contributed by atoms with van der Waals surface area (Å²) in [6, 6.07) is 0. The molecule has 0 saturated carbocycles. The second-order valence-electron chi connectivity index (χ2n) is 7.19. The number of amides is 1. The monoisotopic (exact) mass is 355 g/mol. The molecular formula is C16H22ClN3O4. The number of hydrogen-bond acceptors (Lipinski definition) is 6. The maximum atomic E-state index is 12.3. The van der Waals surface area contributed by atoms with Crippen LogP contribution in [0.25, 0.3) is 0 Å². The van der Waals surface area contributed by atoms with E-state index >= 15 is 0 Å². The maximum Gasteiger partial charge on any atom is 0.410 e. The van der Waals surface area contributed by atoms with Crippen LogP contribution in [0.2, 0.25) is 5.15 Å². The van der Waals surface area contributed by atoms with Gasteiger partial charge in [0.2, 0.25) is 5.88 Å². The third-order valence-corrected chi connectivity index (χ3v) is 4.47. The first-order valence-electron chi connectivity index (χ1n) is 7.98. The Bertz CT molecular complexity index is 620. The normalized spacial score (nSPS) is 26.4. The van der Waals surface area contributed by atoms with Crippen LogP contribution in [0.4, 0.5) is 4.79 Å². The third-order valence-electron chi connectivity index (χ3n) is 4.09. The highest BCUT2D eigenvalue weighted by atomic mass is 35.5. The van der Waals surface area contributed by atoms with E-state index in [1.165, 1.54) is 6.33 Å². The van der Waals surface area contributed by atoms with Gasteiger partial charge in [0.05, 0.1) is 13.2 Å². The lowest BCUT2D eigenvalue weighted by Gasteiger charge is -2.36. The Morgan fingerprint density at radius 1 is 1.38 bits per heavy atom. The van der Waals surface area contributed by atoms with Gasteiger partial charge >= 0.3 is 6.09 Å². The molecular weight excluding hydrogens is 334 g/mol. The molecule has 2 aliphatic heterocycles. The summed E-state index contributed by atoms with van der Waals surface area (Å²) < 4.78 is 17.3. The summed E-state index contributed by atoms with van der Waals surface area (Å²) in [5.41, 5.74) is 0.187. The molecule has 0 aromatic carbocycles.